The van der Waals surface area contributed by atoms with Gasteiger partial charge in [-0.2, -0.15) is 0 Å². The molecule has 35 heavy (non-hydrogen) atoms. The van der Waals surface area contributed by atoms with Crippen molar-refractivity contribution in [2.45, 2.75) is 39.0 Å². The Morgan fingerprint density at radius 3 is 2.63 bits per heavy atom. The SMILES string of the molecule is CCOC(=O)Cn1c(=O)n(CC2CCCO2)c2nc(-c3cc(OC)ccc3OC)nc(C(N)=O)c21. The molecule has 0 radical (unpaired) electrons. The molecular formula is C23H27N5O7. The number of carbonyl (C=O) groups is 2. The van der Waals surface area contributed by atoms with Crippen LogP contribution in [0.1, 0.15) is 30.3 Å². The maximum absolute atomic E-state index is 13.5. The predicted molar refractivity (Wildman–Crippen MR) is 124 cm³/mol. The van der Waals surface area contributed by atoms with Crippen LogP contribution >= 0.6 is 0 Å². The monoisotopic (exact) mass is 485 g/mol. The molecule has 186 valence electrons. The molecule has 3 aromatic rings. The van der Waals surface area contributed by atoms with Gasteiger partial charge in [-0.25, -0.2) is 14.8 Å². The fourth-order valence-corrected chi connectivity index (χ4v) is 4.13. The van der Waals surface area contributed by atoms with Crippen LogP contribution < -0.4 is 20.9 Å². The Labute approximate surface area is 200 Å². The fraction of sp³-hybridized carbons (Fsp3) is 0.435. The van der Waals surface area contributed by atoms with Crippen molar-refractivity contribution in [1.82, 2.24) is 19.1 Å². The first-order valence-corrected chi connectivity index (χ1v) is 11.2. The number of amides is 1. The van der Waals surface area contributed by atoms with Crippen molar-refractivity contribution in [2.75, 3.05) is 27.4 Å². The number of ether oxygens (including phenoxy) is 4. The first kappa shape index (κ1) is 24.2. The van der Waals surface area contributed by atoms with Gasteiger partial charge in [-0.3, -0.25) is 18.7 Å². The summed E-state index contributed by atoms with van der Waals surface area (Å²) in [5, 5.41) is 0. The van der Waals surface area contributed by atoms with Gasteiger partial charge in [-0.05, 0) is 38.0 Å². The third kappa shape index (κ3) is 4.69. The van der Waals surface area contributed by atoms with Gasteiger partial charge in [0.05, 0.1) is 39.0 Å². The predicted octanol–water partition coefficient (Wildman–Crippen LogP) is 1.12. The van der Waals surface area contributed by atoms with E-state index in [1.54, 1.807) is 25.1 Å². The number of carbonyl (C=O) groups excluding carboxylic acids is 2. The van der Waals surface area contributed by atoms with Gasteiger partial charge in [0, 0.05) is 6.61 Å². The van der Waals surface area contributed by atoms with Crippen LogP contribution in [0.2, 0.25) is 0 Å². The summed E-state index contributed by atoms with van der Waals surface area (Å²) in [4.78, 5) is 47.3. The van der Waals surface area contributed by atoms with Crippen LogP contribution in [0.3, 0.4) is 0 Å². The molecule has 1 fully saturated rings. The topological polar surface area (TPSA) is 150 Å². The van der Waals surface area contributed by atoms with Crippen molar-refractivity contribution in [3.05, 3.63) is 34.4 Å². The average molecular weight is 485 g/mol. The number of nitrogens with zero attached hydrogens (tertiary/aromatic N) is 4. The highest BCUT2D eigenvalue weighted by atomic mass is 16.5. The summed E-state index contributed by atoms with van der Waals surface area (Å²) >= 11 is 0. The largest absolute Gasteiger partial charge is 0.497 e. The van der Waals surface area contributed by atoms with Crippen LogP contribution in [0.5, 0.6) is 11.5 Å². The van der Waals surface area contributed by atoms with Crippen molar-refractivity contribution in [1.29, 1.82) is 0 Å². The van der Waals surface area contributed by atoms with Gasteiger partial charge in [0.1, 0.15) is 23.6 Å². The second-order valence-electron chi connectivity index (χ2n) is 7.92. The Morgan fingerprint density at radius 2 is 2.00 bits per heavy atom. The summed E-state index contributed by atoms with van der Waals surface area (Å²) in [5.74, 6) is -0.468. The highest BCUT2D eigenvalue weighted by Gasteiger charge is 2.28. The number of rotatable bonds is 9. The Balaban J connectivity index is 2.00. The average Bonchev–Trinajstić information content (AvgIpc) is 3.46. The molecule has 1 amide bonds. The van der Waals surface area contributed by atoms with Gasteiger partial charge in [-0.1, -0.05) is 0 Å². The van der Waals surface area contributed by atoms with Gasteiger partial charge in [0.15, 0.2) is 17.2 Å². The maximum atomic E-state index is 13.5. The Hall–Kier alpha value is -3.93. The first-order chi connectivity index (χ1) is 16.9. The molecule has 0 saturated carbocycles. The molecule has 1 aromatic carbocycles. The molecule has 1 aliphatic heterocycles. The summed E-state index contributed by atoms with van der Waals surface area (Å²) < 4.78 is 24.0. The summed E-state index contributed by atoms with van der Waals surface area (Å²) in [6.07, 6.45) is 1.42. The maximum Gasteiger partial charge on any atom is 0.331 e. The van der Waals surface area contributed by atoms with Crippen LogP contribution in [0.4, 0.5) is 0 Å². The minimum Gasteiger partial charge on any atom is -0.497 e. The van der Waals surface area contributed by atoms with Crippen LogP contribution in [0.15, 0.2) is 23.0 Å². The van der Waals surface area contributed by atoms with E-state index < -0.39 is 24.1 Å². The summed E-state index contributed by atoms with van der Waals surface area (Å²) in [6, 6.07) is 5.04. The molecule has 12 nitrogen and oxygen atoms in total. The van der Waals surface area contributed by atoms with Gasteiger partial charge < -0.3 is 24.7 Å². The highest BCUT2D eigenvalue weighted by molar-refractivity contribution is 6.02. The molecule has 0 bridgehead atoms. The lowest BCUT2D eigenvalue weighted by atomic mass is 10.1. The third-order valence-electron chi connectivity index (χ3n) is 5.74. The van der Waals surface area contributed by atoms with Gasteiger partial charge in [0.2, 0.25) is 0 Å². The highest BCUT2D eigenvalue weighted by Crippen LogP contribution is 2.33. The third-order valence-corrected chi connectivity index (χ3v) is 5.74. The molecule has 12 heteroatoms. The van der Waals surface area contributed by atoms with Crippen molar-refractivity contribution >= 4 is 23.0 Å². The van der Waals surface area contributed by atoms with Crippen LogP contribution in [0, 0.1) is 0 Å². The molecule has 2 N–H and O–H groups in total. The second-order valence-corrected chi connectivity index (χ2v) is 7.92. The van der Waals surface area contributed by atoms with E-state index >= 15 is 0 Å². The minimum absolute atomic E-state index is 0.0548. The zero-order valence-corrected chi connectivity index (χ0v) is 19.8. The quantitative estimate of drug-likeness (QED) is 0.440. The lowest BCUT2D eigenvalue weighted by Crippen LogP contribution is -2.31. The zero-order valence-electron chi connectivity index (χ0n) is 19.8. The van der Waals surface area contributed by atoms with E-state index in [-0.39, 0.29) is 41.9 Å². The number of primary amides is 1. The lowest BCUT2D eigenvalue weighted by Gasteiger charge is -2.12. The standard InChI is InChI=1S/C23H27N5O7/c1-4-34-17(29)12-27-19-18(20(24)30)25-21(15-10-13(32-2)7-8-16(15)33-3)26-22(19)28(23(27)31)11-14-6-5-9-35-14/h7-8,10,14H,4-6,9,11-12H2,1-3H3,(H2,24,30). The summed E-state index contributed by atoms with van der Waals surface area (Å²) in [5.41, 5.74) is 5.57. The molecule has 2 aromatic heterocycles. The summed E-state index contributed by atoms with van der Waals surface area (Å²) in [7, 11) is 3.00. The van der Waals surface area contributed by atoms with E-state index in [0.29, 0.717) is 23.7 Å². The Bertz CT molecular complexity index is 1320. The van der Waals surface area contributed by atoms with Gasteiger partial charge in [0.25, 0.3) is 5.91 Å². The smallest absolute Gasteiger partial charge is 0.331 e. The number of hydrogen-bond acceptors (Lipinski definition) is 9. The molecule has 0 spiro atoms. The number of esters is 1. The normalized spacial score (nSPS) is 15.3. The number of nitrogens with two attached hydrogens (primary N) is 1. The van der Waals surface area contributed by atoms with Gasteiger partial charge in [-0.15, -0.1) is 0 Å². The molecule has 0 aliphatic carbocycles. The van der Waals surface area contributed by atoms with E-state index in [1.807, 2.05) is 0 Å². The van der Waals surface area contributed by atoms with E-state index in [2.05, 4.69) is 9.97 Å². The van der Waals surface area contributed by atoms with Crippen LogP contribution in [-0.2, 0) is 27.4 Å². The Kier molecular flexibility index (Phi) is 7.01. The van der Waals surface area contributed by atoms with E-state index in [0.717, 1.165) is 17.4 Å². The second kappa shape index (κ2) is 10.1. The number of imidazole rings is 1. The number of aromatic nitrogens is 4. The molecule has 1 atom stereocenters. The van der Waals surface area contributed by atoms with Gasteiger partial charge >= 0.3 is 11.7 Å². The number of methoxy groups -OCH3 is 2. The van der Waals surface area contributed by atoms with E-state index in [4.69, 9.17) is 24.7 Å². The summed E-state index contributed by atoms with van der Waals surface area (Å²) in [6.45, 7) is 2.16. The van der Waals surface area contributed by atoms with Crippen LogP contribution in [0.25, 0.3) is 22.6 Å². The Morgan fingerprint density at radius 1 is 1.20 bits per heavy atom. The molecule has 3 heterocycles. The lowest BCUT2D eigenvalue weighted by molar-refractivity contribution is -0.143. The number of fused-ring (bicyclic) bond motifs is 1. The van der Waals surface area contributed by atoms with E-state index in [1.165, 1.54) is 18.8 Å². The molecule has 4 rings (SSSR count). The molecule has 1 saturated heterocycles. The number of hydrogen-bond donors (Lipinski definition) is 1. The number of benzene rings is 1. The zero-order chi connectivity index (χ0) is 25.1. The molecule has 1 aliphatic rings. The molecule has 1 unspecified atom stereocenters. The molecular weight excluding hydrogens is 458 g/mol. The van der Waals surface area contributed by atoms with Crippen molar-refractivity contribution < 1.29 is 28.5 Å². The fourth-order valence-electron chi connectivity index (χ4n) is 4.13. The minimum atomic E-state index is -0.882. The first-order valence-electron chi connectivity index (χ1n) is 11.2. The van der Waals surface area contributed by atoms with E-state index in [9.17, 15) is 14.4 Å². The van der Waals surface area contributed by atoms with Crippen LogP contribution in [-0.4, -0.2) is 64.5 Å². The van der Waals surface area contributed by atoms with Crippen molar-refractivity contribution in [3.8, 4) is 22.9 Å². The van der Waals surface area contributed by atoms with Crippen molar-refractivity contribution in [3.63, 3.8) is 0 Å². The van der Waals surface area contributed by atoms with Crippen molar-refractivity contribution in [2.24, 2.45) is 5.73 Å².